The van der Waals surface area contributed by atoms with Crippen LogP contribution in [-0.4, -0.2) is 6.01 Å². The standard InChI is InChI=1S/2C14H12.CH2N2/c2*1-10-8-9-12-5-2-4-11-6-3-7-13(10)14(11)12;2-1-3/h2*2-10H,1H3;2-3H. The first kappa shape index (κ1) is 20.5. The maximum absolute atomic E-state index is 5.62. The zero-order valence-electron chi connectivity index (χ0n) is 17.9. The van der Waals surface area contributed by atoms with Gasteiger partial charge in [-0.25, -0.2) is 10.8 Å². The number of rotatable bonds is 0. The lowest BCUT2D eigenvalue weighted by atomic mass is 9.87. The Morgan fingerprint density at radius 2 is 0.935 bits per heavy atom. The molecule has 6 rings (SSSR count). The second kappa shape index (κ2) is 8.95. The van der Waals surface area contributed by atoms with Crippen LogP contribution in [0, 0.1) is 10.8 Å². The predicted octanol–water partition coefficient (Wildman–Crippen LogP) is 8.26. The van der Waals surface area contributed by atoms with Crippen molar-refractivity contribution in [3.05, 3.63) is 107 Å². The van der Waals surface area contributed by atoms with Gasteiger partial charge >= 0.3 is 0 Å². The fourth-order valence-electron chi connectivity index (χ4n) is 4.54. The molecule has 2 aliphatic carbocycles. The van der Waals surface area contributed by atoms with Gasteiger partial charge in [-0.3, -0.25) is 0 Å². The summed E-state index contributed by atoms with van der Waals surface area (Å²) in [6, 6.07) is 27.4. The predicted molar refractivity (Wildman–Crippen MR) is 133 cm³/mol. The third-order valence-electron chi connectivity index (χ3n) is 6.05. The van der Waals surface area contributed by atoms with Crippen LogP contribution < -0.4 is 0 Å². The van der Waals surface area contributed by atoms with E-state index in [1.807, 2.05) is 0 Å². The van der Waals surface area contributed by atoms with Crippen LogP contribution in [-0.2, 0) is 0 Å². The van der Waals surface area contributed by atoms with Gasteiger partial charge in [0.2, 0.25) is 0 Å². The van der Waals surface area contributed by atoms with Crippen molar-refractivity contribution in [1.29, 1.82) is 10.8 Å². The van der Waals surface area contributed by atoms with Crippen molar-refractivity contribution in [3.8, 4) is 0 Å². The van der Waals surface area contributed by atoms with Crippen molar-refractivity contribution in [2.45, 2.75) is 25.7 Å². The summed E-state index contributed by atoms with van der Waals surface area (Å²) < 4.78 is 0. The van der Waals surface area contributed by atoms with E-state index in [1.54, 1.807) is 0 Å². The van der Waals surface area contributed by atoms with Crippen molar-refractivity contribution in [3.63, 3.8) is 0 Å². The van der Waals surface area contributed by atoms with Gasteiger partial charge in [0.1, 0.15) is 0 Å². The molecule has 2 atom stereocenters. The molecule has 0 radical (unpaired) electrons. The maximum Gasteiger partial charge on any atom is 0.0831 e. The minimum atomic E-state index is 0.550. The summed E-state index contributed by atoms with van der Waals surface area (Å²) in [5.41, 5.74) is 5.63. The quantitative estimate of drug-likeness (QED) is 0.278. The van der Waals surface area contributed by atoms with Crippen LogP contribution in [0.3, 0.4) is 0 Å². The maximum atomic E-state index is 5.62. The Labute approximate surface area is 183 Å². The highest BCUT2D eigenvalue weighted by atomic mass is 14.4. The minimum Gasteiger partial charge on any atom is -0.242 e. The fraction of sp³-hybridized carbons (Fsp3) is 0.138. The van der Waals surface area contributed by atoms with Crippen LogP contribution >= 0.6 is 0 Å². The molecule has 2 heteroatoms. The van der Waals surface area contributed by atoms with Gasteiger partial charge in [-0.1, -0.05) is 111 Å². The third kappa shape index (κ3) is 3.99. The molecule has 2 N–H and O–H groups in total. The number of hydrogen-bond donors (Lipinski definition) is 2. The number of hydrogen-bond acceptors (Lipinski definition) is 2. The van der Waals surface area contributed by atoms with Gasteiger partial charge in [0, 0.05) is 0 Å². The molecule has 31 heavy (non-hydrogen) atoms. The van der Waals surface area contributed by atoms with Gasteiger partial charge in [-0.05, 0) is 55.6 Å². The highest BCUT2D eigenvalue weighted by Crippen LogP contribution is 2.35. The lowest BCUT2D eigenvalue weighted by molar-refractivity contribution is 0.979. The number of benzene rings is 4. The summed E-state index contributed by atoms with van der Waals surface area (Å²) in [4.78, 5) is 0. The summed E-state index contributed by atoms with van der Waals surface area (Å²) in [7, 11) is 0. The van der Waals surface area contributed by atoms with Crippen LogP contribution in [0.5, 0.6) is 0 Å². The molecule has 0 saturated carbocycles. The van der Waals surface area contributed by atoms with Gasteiger partial charge in [-0.2, -0.15) is 0 Å². The first-order valence-electron chi connectivity index (χ1n) is 10.6. The molecule has 2 unspecified atom stereocenters. The second-order valence-corrected chi connectivity index (χ2v) is 8.01. The van der Waals surface area contributed by atoms with E-state index in [4.69, 9.17) is 10.8 Å². The minimum absolute atomic E-state index is 0.550. The van der Waals surface area contributed by atoms with Gasteiger partial charge in [0.25, 0.3) is 0 Å². The Kier molecular flexibility index (Phi) is 5.93. The van der Waals surface area contributed by atoms with E-state index in [1.165, 1.54) is 49.8 Å². The summed E-state index contributed by atoms with van der Waals surface area (Å²) >= 11 is 0. The Bertz CT molecular complexity index is 1230. The lowest BCUT2D eigenvalue weighted by Gasteiger charge is -2.17. The molecule has 0 aliphatic heterocycles. The van der Waals surface area contributed by atoms with Crippen LogP contribution in [0.4, 0.5) is 0 Å². The molecule has 152 valence electrons. The normalized spacial score (nSPS) is 17.2. The average Bonchev–Trinajstić information content (AvgIpc) is 2.80. The van der Waals surface area contributed by atoms with E-state index in [9.17, 15) is 0 Å². The molecule has 0 spiro atoms. The van der Waals surface area contributed by atoms with Crippen molar-refractivity contribution in [2.75, 3.05) is 0 Å². The van der Waals surface area contributed by atoms with Gasteiger partial charge in [0.05, 0.1) is 6.01 Å². The monoisotopic (exact) mass is 402 g/mol. The van der Waals surface area contributed by atoms with Crippen molar-refractivity contribution >= 4 is 39.7 Å². The first-order valence-corrected chi connectivity index (χ1v) is 10.6. The molecule has 0 fully saturated rings. The van der Waals surface area contributed by atoms with Gasteiger partial charge < -0.3 is 0 Å². The van der Waals surface area contributed by atoms with E-state index in [2.05, 4.69) is 111 Å². The van der Waals surface area contributed by atoms with E-state index < -0.39 is 0 Å². The molecule has 2 nitrogen and oxygen atoms in total. The molecular formula is C29H26N2. The molecular weight excluding hydrogens is 376 g/mol. The smallest absolute Gasteiger partial charge is 0.0831 e. The molecule has 0 saturated heterocycles. The van der Waals surface area contributed by atoms with E-state index in [-0.39, 0.29) is 0 Å². The van der Waals surface area contributed by atoms with Gasteiger partial charge in [-0.15, -0.1) is 0 Å². The van der Waals surface area contributed by atoms with Crippen LogP contribution in [0.25, 0.3) is 33.7 Å². The zero-order chi connectivity index (χ0) is 21.8. The lowest BCUT2D eigenvalue weighted by Crippen LogP contribution is -1.96. The Hall–Kier alpha value is -3.74. The molecule has 2 aliphatic rings. The van der Waals surface area contributed by atoms with Crippen molar-refractivity contribution < 1.29 is 0 Å². The summed E-state index contributed by atoms with van der Waals surface area (Å²) in [6.45, 7) is 4.50. The van der Waals surface area contributed by atoms with Gasteiger partial charge in [0.15, 0.2) is 0 Å². The highest BCUT2D eigenvalue weighted by Gasteiger charge is 2.13. The Morgan fingerprint density at radius 1 is 0.581 bits per heavy atom. The third-order valence-corrected chi connectivity index (χ3v) is 6.05. The zero-order valence-corrected chi connectivity index (χ0v) is 17.9. The molecule has 4 aromatic carbocycles. The Morgan fingerprint density at radius 3 is 1.32 bits per heavy atom. The summed E-state index contributed by atoms with van der Waals surface area (Å²) in [5.74, 6) is 1.10. The highest BCUT2D eigenvalue weighted by molar-refractivity contribution is 5.96. The first-order chi connectivity index (χ1) is 15.1. The molecule has 0 heterocycles. The average molecular weight is 403 g/mol. The molecule has 0 amide bonds. The van der Waals surface area contributed by atoms with E-state index >= 15 is 0 Å². The van der Waals surface area contributed by atoms with E-state index in [0.29, 0.717) is 11.8 Å². The van der Waals surface area contributed by atoms with Crippen LogP contribution in [0.2, 0.25) is 0 Å². The summed E-state index contributed by atoms with van der Waals surface area (Å²) in [5, 5.41) is 16.8. The molecule has 0 bridgehead atoms. The molecule has 0 aromatic heterocycles. The topological polar surface area (TPSA) is 47.7 Å². The second-order valence-electron chi connectivity index (χ2n) is 8.01. The van der Waals surface area contributed by atoms with Crippen molar-refractivity contribution in [2.24, 2.45) is 0 Å². The van der Waals surface area contributed by atoms with Crippen molar-refractivity contribution in [1.82, 2.24) is 0 Å². The van der Waals surface area contributed by atoms with Crippen LogP contribution in [0.15, 0.2) is 84.9 Å². The number of allylic oxidation sites excluding steroid dienone is 2. The largest absolute Gasteiger partial charge is 0.242 e. The Balaban J connectivity index is 0.000000133. The van der Waals surface area contributed by atoms with E-state index in [0.717, 1.165) is 0 Å². The SMILES string of the molecule is CC1C=Cc2cccc3cccc1c23.CC1C=Cc2cccc3cccc1c23.N=C=N. The van der Waals surface area contributed by atoms with Crippen LogP contribution in [0.1, 0.15) is 47.9 Å². The summed E-state index contributed by atoms with van der Waals surface area (Å²) in [6.07, 6.45) is 9.02. The number of nitrogens with one attached hydrogen (secondary N) is 2. The molecule has 4 aromatic rings. The fourth-order valence-corrected chi connectivity index (χ4v) is 4.54.